The van der Waals surface area contributed by atoms with Crippen molar-refractivity contribution < 1.29 is 62.5 Å². The average Bonchev–Trinajstić information content (AvgIpc) is 3.28. The van der Waals surface area contributed by atoms with E-state index >= 15 is 0 Å². The molecule has 0 radical (unpaired) electrons. The number of benzene rings is 1. The highest BCUT2D eigenvalue weighted by molar-refractivity contribution is 5.98. The molecular weight excluding hydrogens is 877 g/mol. The topological polar surface area (TPSA) is 349 Å². The van der Waals surface area contributed by atoms with E-state index in [9.17, 15) is 53.1 Å². The number of carbonyl (C=O) groups is 10. The number of esters is 1. The van der Waals surface area contributed by atoms with Crippen molar-refractivity contribution in [1.29, 1.82) is 0 Å². The van der Waals surface area contributed by atoms with Crippen LogP contribution in [0.15, 0.2) is 24.3 Å². The van der Waals surface area contributed by atoms with Crippen LogP contribution in [0, 0.1) is 11.8 Å². The first-order valence-corrected chi connectivity index (χ1v) is 22.4. The highest BCUT2D eigenvalue weighted by Crippen LogP contribution is 2.19. The summed E-state index contributed by atoms with van der Waals surface area (Å²) in [6.45, 7) is 8.61. The number of cyclic esters (lactones) is 1. The molecule has 12 N–H and O–H groups in total. The number of methoxy groups -OCH3 is 1. The van der Waals surface area contributed by atoms with Crippen molar-refractivity contribution in [2.24, 2.45) is 23.3 Å². The molecule has 10 amide bonds. The van der Waals surface area contributed by atoms with Crippen LogP contribution in [0.1, 0.15) is 92.1 Å². The summed E-state index contributed by atoms with van der Waals surface area (Å²) in [5, 5.41) is 28.0. The van der Waals surface area contributed by atoms with Crippen molar-refractivity contribution in [3.63, 3.8) is 0 Å². The molecule has 2 rings (SSSR count). The van der Waals surface area contributed by atoms with E-state index in [1.165, 1.54) is 21.1 Å². The average molecular weight is 947 g/mol. The predicted octanol–water partition coefficient (Wildman–Crippen LogP) is -1.87. The third-order valence-electron chi connectivity index (χ3n) is 11.3. The van der Waals surface area contributed by atoms with Gasteiger partial charge in [-0.1, -0.05) is 53.2 Å². The fourth-order valence-corrected chi connectivity index (χ4v) is 6.99. The van der Waals surface area contributed by atoms with Crippen LogP contribution in [0.5, 0.6) is 5.75 Å². The maximum atomic E-state index is 14.5. The van der Waals surface area contributed by atoms with E-state index in [1.54, 1.807) is 58.9 Å². The van der Waals surface area contributed by atoms with E-state index in [0.717, 1.165) is 4.90 Å². The molecule has 1 aliphatic rings. The van der Waals surface area contributed by atoms with Crippen molar-refractivity contribution in [3.05, 3.63) is 29.8 Å². The Morgan fingerprint density at radius 2 is 1.48 bits per heavy atom. The number of urea groups is 1. The first kappa shape index (κ1) is 56.6. The minimum Gasteiger partial charge on any atom is -0.497 e. The number of aliphatic hydroxyl groups excluding tert-OH is 1. The molecular formula is C44H70N10O13. The van der Waals surface area contributed by atoms with Gasteiger partial charge in [-0.25, -0.2) is 9.59 Å². The van der Waals surface area contributed by atoms with Gasteiger partial charge in [0.05, 0.1) is 13.7 Å². The van der Waals surface area contributed by atoms with Crippen LogP contribution in [0.4, 0.5) is 4.79 Å². The Balaban J connectivity index is 2.84. The molecule has 9 atom stereocenters. The summed E-state index contributed by atoms with van der Waals surface area (Å²) in [5.41, 5.74) is 11.1. The van der Waals surface area contributed by atoms with Crippen molar-refractivity contribution in [2.45, 2.75) is 141 Å². The third-order valence-corrected chi connectivity index (χ3v) is 11.3. The summed E-state index contributed by atoms with van der Waals surface area (Å²) < 4.78 is 11.1. The second-order valence-corrected chi connectivity index (χ2v) is 16.9. The molecule has 374 valence electrons. The highest BCUT2D eigenvalue weighted by Gasteiger charge is 2.41. The first-order chi connectivity index (χ1) is 31.6. The number of hydrogen-bond donors (Lipinski definition) is 10. The zero-order chi connectivity index (χ0) is 50.5. The normalized spacial score (nSPS) is 23.4. The lowest BCUT2D eigenvalue weighted by Crippen LogP contribution is -2.62. The molecule has 0 bridgehead atoms. The summed E-state index contributed by atoms with van der Waals surface area (Å²) in [6, 6.07) is -4.70. The minimum absolute atomic E-state index is 0.0119. The fraction of sp³-hybridized carbons (Fsp3) is 0.636. The molecule has 1 aromatic carbocycles. The number of nitrogens with one attached hydrogen (secondary N) is 7. The van der Waals surface area contributed by atoms with Gasteiger partial charge in [-0.05, 0) is 62.1 Å². The van der Waals surface area contributed by atoms with Crippen LogP contribution in [0.2, 0.25) is 0 Å². The molecule has 0 unspecified atom stereocenters. The van der Waals surface area contributed by atoms with Crippen molar-refractivity contribution >= 4 is 59.3 Å². The molecule has 23 nitrogen and oxygen atoms in total. The molecule has 1 aliphatic heterocycles. The number of hydrogen-bond acceptors (Lipinski definition) is 13. The molecule has 1 aromatic rings. The van der Waals surface area contributed by atoms with E-state index in [4.69, 9.17) is 20.9 Å². The molecule has 1 fully saturated rings. The number of ether oxygens (including phenoxy) is 2. The van der Waals surface area contributed by atoms with Crippen LogP contribution in [0.25, 0.3) is 0 Å². The predicted molar refractivity (Wildman–Crippen MR) is 242 cm³/mol. The van der Waals surface area contributed by atoms with Gasteiger partial charge in [0.1, 0.15) is 54.1 Å². The Kier molecular flexibility index (Phi) is 23.5. The number of primary amides is 2. The second-order valence-electron chi connectivity index (χ2n) is 16.9. The van der Waals surface area contributed by atoms with Gasteiger partial charge in [-0.3, -0.25) is 38.4 Å². The Bertz CT molecular complexity index is 1900. The number of carbonyl (C=O) groups excluding carboxylic acids is 10. The molecule has 1 saturated heterocycles. The summed E-state index contributed by atoms with van der Waals surface area (Å²) in [4.78, 5) is 136. The van der Waals surface area contributed by atoms with Gasteiger partial charge < -0.3 is 68.2 Å². The zero-order valence-electron chi connectivity index (χ0n) is 39.6. The molecule has 0 spiro atoms. The van der Waals surface area contributed by atoms with Gasteiger partial charge in [-0.15, -0.1) is 0 Å². The molecule has 67 heavy (non-hydrogen) atoms. The van der Waals surface area contributed by atoms with Gasteiger partial charge in [0, 0.05) is 32.9 Å². The van der Waals surface area contributed by atoms with Crippen LogP contribution in [-0.2, 0) is 54.3 Å². The lowest BCUT2D eigenvalue weighted by Gasteiger charge is -2.34. The maximum absolute atomic E-state index is 14.5. The van der Waals surface area contributed by atoms with E-state index < -0.39 is 126 Å². The third kappa shape index (κ3) is 18.0. The Hall–Kier alpha value is -6.52. The molecule has 0 saturated carbocycles. The lowest BCUT2D eigenvalue weighted by atomic mass is 9.95. The molecule has 1 heterocycles. The SMILES string of the molecule is CCCC(=O)N[C@@H](CCC(N)=O)C(=O)N[C@@H]1C(=O)N[C@@H](CCCNC(N)=O)C(=O)N[C@@H](CO)C(=O)N[C@@H]([C@@H](C)CC)C(=O)N(C)[C@@H](Cc2ccc(OC)cc2)C(=O)N[C@@H](C(C)C)C(=O)O[C@@H]1C. The van der Waals surface area contributed by atoms with Crippen LogP contribution < -0.4 is 53.4 Å². The monoisotopic (exact) mass is 947 g/mol. The van der Waals surface area contributed by atoms with E-state index in [0.29, 0.717) is 24.2 Å². The number of nitrogens with zero attached hydrogens (tertiary/aromatic N) is 1. The number of likely N-dealkylation sites (N-methyl/N-ethyl adjacent to an activating group) is 1. The molecule has 0 aliphatic carbocycles. The van der Waals surface area contributed by atoms with Gasteiger partial charge in [0.15, 0.2) is 0 Å². The second kappa shape index (κ2) is 27.8. The Morgan fingerprint density at radius 1 is 0.866 bits per heavy atom. The lowest BCUT2D eigenvalue weighted by molar-refractivity contribution is -0.157. The van der Waals surface area contributed by atoms with Gasteiger partial charge in [-0.2, -0.15) is 0 Å². The fourth-order valence-electron chi connectivity index (χ4n) is 6.99. The standard InChI is InChI=1S/C44H70N10O13/c1-9-12-33(57)48-29(18-19-32(45)56)38(59)53-36-25(6)67-43(64)34(23(3)4)51-40(61)31(21-26-14-16-27(66-8)17-15-26)54(7)42(63)35(24(5)10-2)52-39(60)30(22-55)50-37(58)28(49-41(36)62)13-11-20-47-44(46)65/h14-17,23-25,28-31,34-36,55H,9-13,18-22H2,1-8H3,(H2,45,56)(H,48,57)(H,49,62)(H,50,58)(H,51,61)(H,52,60)(H,53,59)(H3,46,47,65)/t24-,25+,28-,29-,30-,31-,34-,35-,36-/m0/s1. The summed E-state index contributed by atoms with van der Waals surface area (Å²) >= 11 is 0. The number of amides is 10. The van der Waals surface area contributed by atoms with Gasteiger partial charge >= 0.3 is 12.0 Å². The Morgan fingerprint density at radius 3 is 2.03 bits per heavy atom. The zero-order valence-corrected chi connectivity index (χ0v) is 39.6. The van der Waals surface area contributed by atoms with Crippen molar-refractivity contribution in [1.82, 2.24) is 42.1 Å². The largest absolute Gasteiger partial charge is 0.497 e. The van der Waals surface area contributed by atoms with E-state index in [2.05, 4.69) is 37.2 Å². The highest BCUT2D eigenvalue weighted by atomic mass is 16.5. The summed E-state index contributed by atoms with van der Waals surface area (Å²) in [7, 11) is 2.84. The maximum Gasteiger partial charge on any atom is 0.329 e. The van der Waals surface area contributed by atoms with Crippen LogP contribution in [-0.4, -0.2) is 145 Å². The molecule has 23 heteroatoms. The van der Waals surface area contributed by atoms with Crippen molar-refractivity contribution in [3.8, 4) is 5.75 Å². The van der Waals surface area contributed by atoms with Crippen LogP contribution >= 0.6 is 0 Å². The smallest absolute Gasteiger partial charge is 0.329 e. The van der Waals surface area contributed by atoms with Gasteiger partial charge in [0.2, 0.25) is 47.3 Å². The van der Waals surface area contributed by atoms with Gasteiger partial charge in [0.25, 0.3) is 0 Å². The first-order valence-electron chi connectivity index (χ1n) is 22.4. The quantitative estimate of drug-likeness (QED) is 0.0538. The van der Waals surface area contributed by atoms with E-state index in [-0.39, 0.29) is 45.1 Å². The molecule has 0 aromatic heterocycles. The Labute approximate surface area is 390 Å². The number of aliphatic hydroxyl groups is 1. The number of nitrogens with two attached hydrogens (primary N) is 2. The summed E-state index contributed by atoms with van der Waals surface area (Å²) in [6.07, 6.45) is -1.72. The number of rotatable bonds is 19. The summed E-state index contributed by atoms with van der Waals surface area (Å²) in [5.74, 6) is -8.69. The van der Waals surface area contributed by atoms with Crippen molar-refractivity contribution in [2.75, 3.05) is 27.3 Å². The van der Waals surface area contributed by atoms with E-state index in [1.807, 2.05) is 0 Å². The minimum atomic E-state index is -1.83. The van der Waals surface area contributed by atoms with Crippen LogP contribution in [0.3, 0.4) is 0 Å².